The Morgan fingerprint density at radius 2 is 1.46 bits per heavy atom. The van der Waals surface area contributed by atoms with Crippen LogP contribution in [0.5, 0.6) is 5.75 Å². The van der Waals surface area contributed by atoms with Gasteiger partial charge in [-0.3, -0.25) is 14.5 Å². The van der Waals surface area contributed by atoms with Crippen LogP contribution in [0.15, 0.2) is 72.8 Å². The van der Waals surface area contributed by atoms with Crippen molar-refractivity contribution in [2.45, 2.75) is 43.8 Å². The summed E-state index contributed by atoms with van der Waals surface area (Å²) < 4.78 is 80.7. The Hall–Kier alpha value is -4.10. The lowest BCUT2D eigenvalue weighted by Crippen LogP contribution is -2.54. The Balaban J connectivity index is 1.27. The van der Waals surface area contributed by atoms with E-state index in [2.05, 4.69) is 22.3 Å². The lowest BCUT2D eigenvalue weighted by atomic mass is 9.99. The van der Waals surface area contributed by atoms with Crippen LogP contribution in [0.2, 0.25) is 0 Å². The van der Waals surface area contributed by atoms with Crippen molar-refractivity contribution in [3.8, 4) is 5.75 Å². The van der Waals surface area contributed by atoms with Gasteiger partial charge < -0.3 is 20.2 Å². The standard InChI is InChI=1S/C33H34F6N4O3/c34-32(35,36)25-15-24(16-26(18-25)33(37,38)39)31(46)42-13-14-43(29(21-42)23-7-4-8-28(44)17-23)30(45)19-40-27-9-11-41(12-10-27)20-22-5-2-1-3-6-22/h1-8,15-18,27,29,40,44H,9-14,19-21H2. The third-order valence-corrected chi connectivity index (χ3v) is 8.46. The number of aromatic hydroxyl groups is 1. The monoisotopic (exact) mass is 648 g/mol. The van der Waals surface area contributed by atoms with E-state index >= 15 is 0 Å². The Kier molecular flexibility index (Phi) is 9.92. The highest BCUT2D eigenvalue weighted by molar-refractivity contribution is 5.95. The molecule has 2 amide bonds. The number of carbonyl (C=O) groups is 2. The zero-order chi connectivity index (χ0) is 33.1. The zero-order valence-corrected chi connectivity index (χ0v) is 24.8. The maximum atomic E-state index is 13.5. The Morgan fingerprint density at radius 1 is 0.804 bits per heavy atom. The van der Waals surface area contributed by atoms with Crippen LogP contribution in [-0.2, 0) is 23.7 Å². The molecule has 0 radical (unpaired) electrons. The molecule has 0 bridgehead atoms. The Bertz CT molecular complexity index is 1490. The van der Waals surface area contributed by atoms with E-state index < -0.39 is 41.0 Å². The van der Waals surface area contributed by atoms with Crippen molar-refractivity contribution in [3.63, 3.8) is 0 Å². The predicted octanol–water partition coefficient (Wildman–Crippen LogP) is 5.71. The number of piperidine rings is 1. The molecule has 2 aliphatic heterocycles. The summed E-state index contributed by atoms with van der Waals surface area (Å²) >= 11 is 0. The van der Waals surface area contributed by atoms with Crippen molar-refractivity contribution >= 4 is 11.8 Å². The number of hydrogen-bond donors (Lipinski definition) is 2. The molecule has 1 atom stereocenters. The normalized spacial score (nSPS) is 18.5. The molecule has 5 rings (SSSR count). The van der Waals surface area contributed by atoms with Crippen LogP contribution in [-0.4, -0.2) is 76.9 Å². The fourth-order valence-corrected chi connectivity index (χ4v) is 6.01. The fraction of sp³-hybridized carbons (Fsp3) is 0.394. The number of phenolic OH excluding ortho intramolecular Hbond substituents is 1. The average molecular weight is 649 g/mol. The molecule has 3 aromatic rings. The molecule has 0 spiro atoms. The first-order valence-corrected chi connectivity index (χ1v) is 14.9. The minimum absolute atomic E-state index is 0.00676. The van der Waals surface area contributed by atoms with E-state index in [1.165, 1.54) is 22.6 Å². The molecule has 46 heavy (non-hydrogen) atoms. The first kappa shape index (κ1) is 33.3. The zero-order valence-electron chi connectivity index (χ0n) is 24.8. The van der Waals surface area contributed by atoms with Gasteiger partial charge in [0.25, 0.3) is 5.91 Å². The van der Waals surface area contributed by atoms with E-state index in [4.69, 9.17) is 0 Å². The minimum atomic E-state index is -5.10. The molecule has 1 unspecified atom stereocenters. The van der Waals surface area contributed by atoms with Gasteiger partial charge in [0.05, 0.1) is 23.7 Å². The molecule has 0 aliphatic carbocycles. The van der Waals surface area contributed by atoms with Crippen molar-refractivity contribution in [3.05, 3.63) is 101 Å². The van der Waals surface area contributed by atoms with Crippen LogP contribution in [0.4, 0.5) is 26.3 Å². The predicted molar refractivity (Wildman–Crippen MR) is 158 cm³/mol. The lowest BCUT2D eigenvalue weighted by Gasteiger charge is -2.42. The van der Waals surface area contributed by atoms with Gasteiger partial charge in [0.1, 0.15) is 5.75 Å². The van der Waals surface area contributed by atoms with Crippen LogP contribution < -0.4 is 5.32 Å². The second-order valence-corrected chi connectivity index (χ2v) is 11.7. The van der Waals surface area contributed by atoms with Crippen LogP contribution >= 0.6 is 0 Å². The maximum Gasteiger partial charge on any atom is 0.416 e. The summed E-state index contributed by atoms with van der Waals surface area (Å²) in [6, 6.07) is 16.3. The van der Waals surface area contributed by atoms with Gasteiger partial charge in [0, 0.05) is 37.8 Å². The van der Waals surface area contributed by atoms with Crippen molar-refractivity contribution in [1.82, 2.24) is 20.0 Å². The number of alkyl halides is 6. The molecular formula is C33H34F6N4O3. The number of amides is 2. The first-order chi connectivity index (χ1) is 21.8. The van der Waals surface area contributed by atoms with Gasteiger partial charge in [0.2, 0.25) is 5.91 Å². The van der Waals surface area contributed by atoms with Gasteiger partial charge in [-0.25, -0.2) is 0 Å². The second kappa shape index (κ2) is 13.7. The maximum absolute atomic E-state index is 13.5. The molecule has 13 heteroatoms. The summed E-state index contributed by atoms with van der Waals surface area (Å²) in [4.78, 5) is 31.9. The number of piperazine rings is 1. The van der Waals surface area contributed by atoms with Gasteiger partial charge in [0.15, 0.2) is 0 Å². The van der Waals surface area contributed by atoms with Gasteiger partial charge in [-0.2, -0.15) is 26.3 Å². The van der Waals surface area contributed by atoms with E-state index in [0.717, 1.165) is 37.4 Å². The summed E-state index contributed by atoms with van der Waals surface area (Å²) in [5.41, 5.74) is -2.22. The fourth-order valence-electron chi connectivity index (χ4n) is 6.01. The molecule has 3 aromatic carbocycles. The number of phenols is 1. The topological polar surface area (TPSA) is 76.1 Å². The molecule has 2 aliphatic rings. The Morgan fingerprint density at radius 3 is 2.07 bits per heavy atom. The number of nitrogens with one attached hydrogen (secondary N) is 1. The van der Waals surface area contributed by atoms with Gasteiger partial charge in [-0.15, -0.1) is 0 Å². The smallest absolute Gasteiger partial charge is 0.416 e. The van der Waals surface area contributed by atoms with Crippen LogP contribution in [0, 0.1) is 0 Å². The summed E-state index contributed by atoms with van der Waals surface area (Å²) in [7, 11) is 0. The number of halogens is 6. The van der Waals surface area contributed by atoms with Gasteiger partial charge in [-0.1, -0.05) is 42.5 Å². The van der Waals surface area contributed by atoms with Crippen LogP contribution in [0.25, 0.3) is 0 Å². The van der Waals surface area contributed by atoms with Crippen LogP contribution in [0.3, 0.4) is 0 Å². The number of nitrogens with zero attached hydrogens (tertiary/aromatic N) is 3. The van der Waals surface area contributed by atoms with Crippen molar-refractivity contribution in [2.75, 3.05) is 39.3 Å². The largest absolute Gasteiger partial charge is 0.508 e. The third kappa shape index (κ3) is 8.18. The molecule has 2 N–H and O–H groups in total. The summed E-state index contributed by atoms with van der Waals surface area (Å²) in [5, 5.41) is 13.4. The molecule has 2 saturated heterocycles. The average Bonchev–Trinajstić information content (AvgIpc) is 3.03. The number of hydrogen-bond acceptors (Lipinski definition) is 5. The summed E-state index contributed by atoms with van der Waals surface area (Å²) in [5.74, 6) is -1.39. The molecular weight excluding hydrogens is 614 g/mol. The summed E-state index contributed by atoms with van der Waals surface area (Å²) in [6.45, 7) is 2.28. The van der Waals surface area contributed by atoms with E-state index in [0.29, 0.717) is 17.7 Å². The van der Waals surface area contributed by atoms with Crippen molar-refractivity contribution < 1.29 is 41.0 Å². The first-order valence-electron chi connectivity index (χ1n) is 14.9. The number of benzene rings is 3. The van der Waals surface area contributed by atoms with E-state index in [1.54, 1.807) is 12.1 Å². The quantitative estimate of drug-likeness (QED) is 0.321. The van der Waals surface area contributed by atoms with E-state index in [1.807, 2.05) is 18.2 Å². The molecule has 2 fully saturated rings. The van der Waals surface area contributed by atoms with Crippen LogP contribution in [0.1, 0.15) is 51.5 Å². The minimum Gasteiger partial charge on any atom is -0.508 e. The second-order valence-electron chi connectivity index (χ2n) is 11.7. The molecule has 2 heterocycles. The lowest BCUT2D eigenvalue weighted by molar-refractivity contribution is -0.143. The molecule has 0 saturated carbocycles. The van der Waals surface area contributed by atoms with Crippen molar-refractivity contribution in [1.29, 1.82) is 0 Å². The highest BCUT2D eigenvalue weighted by Crippen LogP contribution is 2.37. The number of rotatable bonds is 7. The highest BCUT2D eigenvalue weighted by Gasteiger charge is 2.39. The third-order valence-electron chi connectivity index (χ3n) is 8.46. The van der Waals surface area contributed by atoms with Crippen molar-refractivity contribution in [2.24, 2.45) is 0 Å². The Labute approximate surface area is 262 Å². The SMILES string of the molecule is O=C(c1cc(C(F)(F)F)cc(C(F)(F)F)c1)N1CCN(C(=O)CNC2CCN(Cc3ccccc3)CC2)C(c2cccc(O)c2)C1. The van der Waals surface area contributed by atoms with Gasteiger partial charge >= 0.3 is 12.4 Å². The number of carbonyl (C=O) groups excluding carboxylic acids is 2. The van der Waals surface area contributed by atoms with Gasteiger partial charge in [-0.05, 0) is 67.4 Å². The molecule has 246 valence electrons. The number of likely N-dealkylation sites (tertiary alicyclic amines) is 1. The molecule has 0 aromatic heterocycles. The van der Waals surface area contributed by atoms with E-state index in [-0.39, 0.29) is 49.9 Å². The highest BCUT2D eigenvalue weighted by atomic mass is 19.4. The molecule has 7 nitrogen and oxygen atoms in total. The summed E-state index contributed by atoms with van der Waals surface area (Å²) in [6.07, 6.45) is -8.52. The van der Waals surface area contributed by atoms with E-state index in [9.17, 15) is 41.0 Å².